The zero-order chi connectivity index (χ0) is 17.5. The Morgan fingerprint density at radius 2 is 1.92 bits per heavy atom. The van der Waals surface area contributed by atoms with E-state index in [0.717, 1.165) is 43.2 Å². The Kier molecular flexibility index (Phi) is 6.64. The molecule has 2 atom stereocenters. The van der Waals surface area contributed by atoms with E-state index in [2.05, 4.69) is 5.32 Å². The van der Waals surface area contributed by atoms with Gasteiger partial charge in [-0.2, -0.15) is 0 Å². The molecule has 2 unspecified atom stereocenters. The highest BCUT2D eigenvalue weighted by molar-refractivity contribution is 5.81. The minimum atomic E-state index is -0.810. The third-order valence-electron chi connectivity index (χ3n) is 4.72. The van der Waals surface area contributed by atoms with Crippen LogP contribution >= 0.6 is 0 Å². The van der Waals surface area contributed by atoms with Crippen LogP contribution in [0.25, 0.3) is 0 Å². The predicted octanol–water partition coefficient (Wildman–Crippen LogP) is 3.09. The minimum Gasteiger partial charge on any atom is -0.496 e. The maximum absolute atomic E-state index is 12.5. The monoisotopic (exact) mass is 333 g/mol. The number of carbonyl (C=O) groups excluding carboxylic acids is 1. The number of nitrogens with one attached hydrogen (secondary N) is 1. The number of carboxylic acid groups (broad SMARTS) is 1. The van der Waals surface area contributed by atoms with E-state index in [1.807, 2.05) is 25.1 Å². The SMILES string of the molecule is COc1ccc(C)cc1CC(=O)NC1CCCCCCC1C(=O)O. The van der Waals surface area contributed by atoms with Crippen LogP contribution in [0.2, 0.25) is 0 Å². The number of ether oxygens (including phenoxy) is 1. The van der Waals surface area contributed by atoms with Gasteiger partial charge in [-0.25, -0.2) is 0 Å². The van der Waals surface area contributed by atoms with Crippen molar-refractivity contribution in [1.82, 2.24) is 5.32 Å². The third kappa shape index (κ3) is 4.98. The lowest BCUT2D eigenvalue weighted by Gasteiger charge is -2.27. The molecule has 1 amide bonds. The van der Waals surface area contributed by atoms with Gasteiger partial charge in [-0.3, -0.25) is 9.59 Å². The molecule has 0 bridgehead atoms. The van der Waals surface area contributed by atoms with E-state index in [0.29, 0.717) is 12.2 Å². The first-order valence-electron chi connectivity index (χ1n) is 8.67. The third-order valence-corrected chi connectivity index (χ3v) is 4.72. The van der Waals surface area contributed by atoms with Gasteiger partial charge in [0.1, 0.15) is 5.75 Å². The van der Waals surface area contributed by atoms with Crippen LogP contribution in [0.3, 0.4) is 0 Å². The first kappa shape index (κ1) is 18.3. The minimum absolute atomic E-state index is 0.143. The van der Waals surface area contributed by atoms with Gasteiger partial charge in [-0.1, -0.05) is 43.4 Å². The van der Waals surface area contributed by atoms with Gasteiger partial charge in [-0.05, 0) is 25.8 Å². The average molecular weight is 333 g/mol. The summed E-state index contributed by atoms with van der Waals surface area (Å²) in [6.45, 7) is 1.97. The normalized spacial score (nSPS) is 21.4. The molecule has 1 fully saturated rings. The fraction of sp³-hybridized carbons (Fsp3) is 0.579. The van der Waals surface area contributed by atoms with Crippen molar-refractivity contribution >= 4 is 11.9 Å². The number of aryl methyl sites for hydroxylation is 1. The second kappa shape index (κ2) is 8.71. The molecule has 0 heterocycles. The van der Waals surface area contributed by atoms with Crippen LogP contribution in [0.5, 0.6) is 5.75 Å². The summed E-state index contributed by atoms with van der Waals surface area (Å²) >= 11 is 0. The van der Waals surface area contributed by atoms with Crippen LogP contribution in [0.4, 0.5) is 0 Å². The molecule has 0 radical (unpaired) electrons. The molecule has 1 saturated carbocycles. The van der Waals surface area contributed by atoms with Crippen molar-refractivity contribution in [3.8, 4) is 5.75 Å². The van der Waals surface area contributed by atoms with E-state index in [9.17, 15) is 14.7 Å². The quantitative estimate of drug-likeness (QED) is 0.868. The average Bonchev–Trinajstić information content (AvgIpc) is 2.50. The number of carboxylic acids is 1. The fourth-order valence-corrected chi connectivity index (χ4v) is 3.43. The highest BCUT2D eigenvalue weighted by atomic mass is 16.5. The highest BCUT2D eigenvalue weighted by Crippen LogP contribution is 2.24. The molecule has 0 saturated heterocycles. The summed E-state index contributed by atoms with van der Waals surface area (Å²) in [4.78, 5) is 24.0. The summed E-state index contributed by atoms with van der Waals surface area (Å²) in [5.41, 5.74) is 1.89. The molecule has 5 heteroatoms. The van der Waals surface area contributed by atoms with Crippen molar-refractivity contribution in [3.63, 3.8) is 0 Å². The smallest absolute Gasteiger partial charge is 0.308 e. The number of benzene rings is 1. The molecule has 0 aromatic heterocycles. The van der Waals surface area contributed by atoms with E-state index in [1.54, 1.807) is 7.11 Å². The van der Waals surface area contributed by atoms with Crippen molar-refractivity contribution < 1.29 is 19.4 Å². The summed E-state index contributed by atoms with van der Waals surface area (Å²) < 4.78 is 5.31. The highest BCUT2D eigenvalue weighted by Gasteiger charge is 2.29. The molecule has 5 nitrogen and oxygen atoms in total. The molecule has 1 aliphatic rings. The number of amides is 1. The van der Waals surface area contributed by atoms with E-state index < -0.39 is 11.9 Å². The van der Waals surface area contributed by atoms with Crippen molar-refractivity contribution in [3.05, 3.63) is 29.3 Å². The summed E-state index contributed by atoms with van der Waals surface area (Å²) in [5, 5.41) is 12.4. The largest absolute Gasteiger partial charge is 0.496 e. The number of carbonyl (C=O) groups is 2. The van der Waals surface area contributed by atoms with E-state index >= 15 is 0 Å². The Hall–Kier alpha value is -2.04. The van der Waals surface area contributed by atoms with Crippen molar-refractivity contribution in [2.45, 2.75) is 57.9 Å². The molecule has 1 aromatic rings. The fourth-order valence-electron chi connectivity index (χ4n) is 3.43. The van der Waals surface area contributed by atoms with Gasteiger partial charge in [0.2, 0.25) is 5.91 Å². The topological polar surface area (TPSA) is 75.6 Å². The molecule has 1 aromatic carbocycles. The first-order chi connectivity index (χ1) is 11.5. The first-order valence-corrected chi connectivity index (χ1v) is 8.67. The summed E-state index contributed by atoms with van der Waals surface area (Å²) in [6, 6.07) is 5.44. The lowest BCUT2D eigenvalue weighted by Crippen LogP contribution is -2.44. The summed E-state index contributed by atoms with van der Waals surface area (Å²) in [6.07, 6.45) is 5.61. The Balaban J connectivity index is 2.06. The Labute approximate surface area is 143 Å². The number of hydrogen-bond donors (Lipinski definition) is 2. The molecule has 0 spiro atoms. The maximum Gasteiger partial charge on any atom is 0.308 e. The van der Waals surface area contributed by atoms with E-state index in [4.69, 9.17) is 4.74 Å². The van der Waals surface area contributed by atoms with Gasteiger partial charge in [0.05, 0.1) is 19.4 Å². The van der Waals surface area contributed by atoms with Gasteiger partial charge in [0, 0.05) is 11.6 Å². The molecular weight excluding hydrogens is 306 g/mol. The molecule has 132 valence electrons. The number of hydrogen-bond acceptors (Lipinski definition) is 3. The van der Waals surface area contributed by atoms with Crippen LogP contribution in [-0.4, -0.2) is 30.1 Å². The van der Waals surface area contributed by atoms with E-state index in [1.165, 1.54) is 0 Å². The van der Waals surface area contributed by atoms with Crippen molar-refractivity contribution in [2.75, 3.05) is 7.11 Å². The number of methoxy groups -OCH3 is 1. The molecule has 2 N–H and O–H groups in total. The van der Waals surface area contributed by atoms with Gasteiger partial charge < -0.3 is 15.2 Å². The molecule has 1 aliphatic carbocycles. The molecule has 24 heavy (non-hydrogen) atoms. The zero-order valence-corrected chi connectivity index (χ0v) is 14.5. The van der Waals surface area contributed by atoms with Gasteiger partial charge in [0.15, 0.2) is 0 Å². The van der Waals surface area contributed by atoms with Crippen LogP contribution in [-0.2, 0) is 16.0 Å². The lowest BCUT2D eigenvalue weighted by atomic mass is 9.86. The summed E-state index contributed by atoms with van der Waals surface area (Å²) in [5.74, 6) is -0.761. The second-order valence-corrected chi connectivity index (χ2v) is 6.60. The zero-order valence-electron chi connectivity index (χ0n) is 14.5. The van der Waals surface area contributed by atoms with Crippen LogP contribution in [0.15, 0.2) is 18.2 Å². The standard InChI is InChI=1S/C19H27NO4/c1-13-9-10-17(24-2)14(11-13)12-18(21)20-16-8-6-4-3-5-7-15(16)19(22)23/h9-11,15-16H,3-8,12H2,1-2H3,(H,20,21)(H,22,23). The number of aliphatic carboxylic acids is 1. The van der Waals surface area contributed by atoms with Crippen LogP contribution in [0.1, 0.15) is 49.7 Å². The van der Waals surface area contributed by atoms with Gasteiger partial charge in [0.25, 0.3) is 0 Å². The van der Waals surface area contributed by atoms with Gasteiger partial charge in [-0.15, -0.1) is 0 Å². The maximum atomic E-state index is 12.5. The second-order valence-electron chi connectivity index (χ2n) is 6.60. The van der Waals surface area contributed by atoms with Crippen molar-refractivity contribution in [1.29, 1.82) is 0 Å². The van der Waals surface area contributed by atoms with Crippen LogP contribution < -0.4 is 10.1 Å². The lowest BCUT2D eigenvalue weighted by molar-refractivity contribution is -0.143. The number of rotatable bonds is 5. The molecular formula is C19H27NO4. The van der Waals surface area contributed by atoms with Gasteiger partial charge >= 0.3 is 5.97 Å². The Bertz CT molecular complexity index is 585. The van der Waals surface area contributed by atoms with Crippen molar-refractivity contribution in [2.24, 2.45) is 5.92 Å². The Morgan fingerprint density at radius 3 is 2.58 bits per heavy atom. The molecule has 2 rings (SSSR count). The van der Waals surface area contributed by atoms with E-state index in [-0.39, 0.29) is 18.4 Å². The summed E-state index contributed by atoms with van der Waals surface area (Å²) in [7, 11) is 1.58. The Morgan fingerprint density at radius 1 is 1.21 bits per heavy atom. The molecule has 0 aliphatic heterocycles. The van der Waals surface area contributed by atoms with Crippen LogP contribution in [0, 0.1) is 12.8 Å². The predicted molar refractivity (Wildman–Crippen MR) is 92.2 cm³/mol.